The van der Waals surface area contributed by atoms with Crippen LogP contribution in [0.15, 0.2) is 12.1 Å². The number of rotatable bonds is 3. The van der Waals surface area contributed by atoms with Gasteiger partial charge >= 0.3 is 0 Å². The second-order valence-electron chi connectivity index (χ2n) is 4.17. The number of hydrogen-bond donors (Lipinski definition) is 1. The molecule has 0 aromatic heterocycles. The molecule has 1 N–H and O–H groups in total. The number of benzene rings is 1. The van der Waals surface area contributed by atoms with E-state index in [-0.39, 0.29) is 46.9 Å². The molecule has 20 heavy (non-hydrogen) atoms. The number of nitrogens with one attached hydrogen (secondary N) is 1. The van der Waals surface area contributed by atoms with E-state index in [1.165, 1.54) is 12.1 Å². The van der Waals surface area contributed by atoms with Crippen LogP contribution in [-0.2, 0) is 14.4 Å². The van der Waals surface area contributed by atoms with Crippen molar-refractivity contribution in [1.82, 2.24) is 4.90 Å². The van der Waals surface area contributed by atoms with Crippen molar-refractivity contribution in [1.29, 1.82) is 0 Å². The third-order valence-corrected chi connectivity index (χ3v) is 3.54. The first kappa shape index (κ1) is 15.1. The Kier molecular flexibility index (Phi) is 4.52. The van der Waals surface area contributed by atoms with Crippen LogP contribution in [0.25, 0.3) is 0 Å². The molecule has 8 heteroatoms. The van der Waals surface area contributed by atoms with Gasteiger partial charge in [-0.05, 0) is 12.1 Å². The highest BCUT2D eigenvalue weighted by molar-refractivity contribution is 6.42. The summed E-state index contributed by atoms with van der Waals surface area (Å²) >= 11 is 17.6. The van der Waals surface area contributed by atoms with E-state index in [0.29, 0.717) is 5.02 Å². The Morgan fingerprint density at radius 3 is 2.10 bits per heavy atom. The average molecular weight is 336 g/mol. The largest absolute Gasteiger partial charge is 0.322 e. The fraction of sp³-hybridized carbons (Fsp3) is 0.250. The van der Waals surface area contributed by atoms with Crippen molar-refractivity contribution >= 4 is 58.2 Å². The van der Waals surface area contributed by atoms with E-state index in [9.17, 15) is 14.4 Å². The van der Waals surface area contributed by atoms with Crippen LogP contribution < -0.4 is 5.32 Å². The molecule has 1 aliphatic heterocycles. The van der Waals surface area contributed by atoms with Gasteiger partial charge in [-0.2, -0.15) is 0 Å². The van der Waals surface area contributed by atoms with Crippen molar-refractivity contribution in [3.05, 3.63) is 27.2 Å². The zero-order chi connectivity index (χ0) is 14.9. The highest BCUT2D eigenvalue weighted by Crippen LogP contribution is 2.33. The van der Waals surface area contributed by atoms with Crippen molar-refractivity contribution in [2.75, 3.05) is 11.9 Å². The van der Waals surface area contributed by atoms with E-state index in [1.807, 2.05) is 0 Å². The molecule has 0 bridgehead atoms. The summed E-state index contributed by atoms with van der Waals surface area (Å²) in [6.07, 6.45) is 0.267. The molecular weight excluding hydrogens is 327 g/mol. The number of likely N-dealkylation sites (tertiary alicyclic amines) is 1. The van der Waals surface area contributed by atoms with Gasteiger partial charge in [-0.3, -0.25) is 19.3 Å². The van der Waals surface area contributed by atoms with E-state index >= 15 is 0 Å². The molecule has 1 fully saturated rings. The molecule has 0 saturated carbocycles. The van der Waals surface area contributed by atoms with Crippen LogP contribution in [0.1, 0.15) is 12.8 Å². The summed E-state index contributed by atoms with van der Waals surface area (Å²) in [5, 5.41) is 3.15. The van der Waals surface area contributed by atoms with Gasteiger partial charge in [-0.1, -0.05) is 34.8 Å². The van der Waals surface area contributed by atoms with E-state index in [4.69, 9.17) is 34.8 Å². The molecule has 1 heterocycles. The van der Waals surface area contributed by atoms with Crippen LogP contribution in [0.4, 0.5) is 5.69 Å². The Bertz CT molecular complexity index is 565. The molecule has 5 nitrogen and oxygen atoms in total. The zero-order valence-electron chi connectivity index (χ0n) is 10.1. The van der Waals surface area contributed by atoms with Crippen LogP contribution in [0, 0.1) is 0 Å². The summed E-state index contributed by atoms with van der Waals surface area (Å²) in [6, 6.07) is 2.85. The third kappa shape index (κ3) is 3.23. The Hall–Kier alpha value is -1.30. The third-order valence-electron chi connectivity index (χ3n) is 2.73. The van der Waals surface area contributed by atoms with Gasteiger partial charge in [0, 0.05) is 17.9 Å². The van der Waals surface area contributed by atoms with Crippen molar-refractivity contribution < 1.29 is 14.4 Å². The molecule has 1 aromatic carbocycles. The average Bonchev–Trinajstić information content (AvgIpc) is 2.65. The normalized spacial score (nSPS) is 14.8. The van der Waals surface area contributed by atoms with Crippen molar-refractivity contribution in [3.8, 4) is 0 Å². The van der Waals surface area contributed by atoms with Crippen molar-refractivity contribution in [2.24, 2.45) is 0 Å². The number of halogens is 3. The molecule has 3 amide bonds. The summed E-state index contributed by atoms with van der Waals surface area (Å²) in [5.41, 5.74) is 0.196. The molecular formula is C12H9Cl3N2O3. The second-order valence-corrected chi connectivity index (χ2v) is 5.42. The van der Waals surface area contributed by atoms with Gasteiger partial charge in [0.25, 0.3) is 0 Å². The Labute approximate surface area is 129 Å². The maximum atomic E-state index is 11.8. The van der Waals surface area contributed by atoms with Crippen LogP contribution in [0.2, 0.25) is 15.1 Å². The molecule has 1 aliphatic rings. The highest BCUT2D eigenvalue weighted by atomic mass is 35.5. The lowest BCUT2D eigenvalue weighted by atomic mass is 10.3. The number of amides is 3. The van der Waals surface area contributed by atoms with Crippen LogP contribution in [-0.4, -0.2) is 29.2 Å². The SMILES string of the molecule is O=C(CN1C(=O)CCC1=O)Nc1c(Cl)cc(Cl)cc1Cl. The lowest BCUT2D eigenvalue weighted by Gasteiger charge is -2.14. The van der Waals surface area contributed by atoms with E-state index in [0.717, 1.165) is 4.90 Å². The summed E-state index contributed by atoms with van der Waals surface area (Å²) in [7, 11) is 0. The van der Waals surface area contributed by atoms with Gasteiger partial charge < -0.3 is 5.32 Å². The lowest BCUT2D eigenvalue weighted by molar-refractivity contribution is -0.141. The van der Waals surface area contributed by atoms with Gasteiger partial charge in [0.2, 0.25) is 17.7 Å². The molecule has 2 rings (SSSR count). The van der Waals surface area contributed by atoms with Crippen LogP contribution in [0.5, 0.6) is 0 Å². The van der Waals surface area contributed by atoms with Gasteiger partial charge in [0.1, 0.15) is 6.54 Å². The van der Waals surface area contributed by atoms with Crippen LogP contribution in [0.3, 0.4) is 0 Å². The van der Waals surface area contributed by atoms with E-state index in [1.54, 1.807) is 0 Å². The summed E-state index contributed by atoms with van der Waals surface area (Å²) < 4.78 is 0. The molecule has 106 valence electrons. The number of anilines is 1. The minimum Gasteiger partial charge on any atom is -0.322 e. The Morgan fingerprint density at radius 2 is 1.60 bits per heavy atom. The maximum Gasteiger partial charge on any atom is 0.244 e. The monoisotopic (exact) mass is 334 g/mol. The quantitative estimate of drug-likeness (QED) is 0.864. The molecule has 0 radical (unpaired) electrons. The van der Waals surface area contributed by atoms with E-state index < -0.39 is 5.91 Å². The molecule has 0 unspecified atom stereocenters. The Morgan fingerprint density at radius 1 is 1.10 bits per heavy atom. The molecule has 0 spiro atoms. The van der Waals surface area contributed by atoms with Gasteiger partial charge in [0.05, 0.1) is 15.7 Å². The zero-order valence-corrected chi connectivity index (χ0v) is 12.3. The topological polar surface area (TPSA) is 66.5 Å². The highest BCUT2D eigenvalue weighted by Gasteiger charge is 2.30. The van der Waals surface area contributed by atoms with Crippen molar-refractivity contribution in [2.45, 2.75) is 12.8 Å². The summed E-state index contributed by atoms with van der Waals surface area (Å²) in [4.78, 5) is 35.6. The lowest BCUT2D eigenvalue weighted by Crippen LogP contribution is -2.36. The first-order chi connectivity index (χ1) is 9.38. The van der Waals surface area contributed by atoms with Gasteiger partial charge in [-0.25, -0.2) is 0 Å². The molecule has 1 saturated heterocycles. The summed E-state index contributed by atoms with van der Waals surface area (Å²) in [6.45, 7) is -0.354. The fourth-order valence-electron chi connectivity index (χ4n) is 1.78. The minimum atomic E-state index is -0.556. The predicted octanol–water partition coefficient (Wildman–Crippen LogP) is 2.73. The second kappa shape index (κ2) is 5.99. The first-order valence-corrected chi connectivity index (χ1v) is 6.79. The number of carbonyl (C=O) groups is 3. The first-order valence-electron chi connectivity index (χ1n) is 5.66. The standard InChI is InChI=1S/C12H9Cl3N2O3/c13-6-3-7(14)12(8(15)4-6)16-9(18)5-17-10(19)1-2-11(17)20/h3-4H,1-2,5H2,(H,16,18). The van der Waals surface area contributed by atoms with Crippen molar-refractivity contribution in [3.63, 3.8) is 0 Å². The molecule has 0 atom stereocenters. The van der Waals surface area contributed by atoms with Crippen LogP contribution >= 0.6 is 34.8 Å². The van der Waals surface area contributed by atoms with Gasteiger partial charge in [0.15, 0.2) is 0 Å². The molecule has 0 aliphatic carbocycles. The maximum absolute atomic E-state index is 11.8. The molecule has 1 aromatic rings. The van der Waals surface area contributed by atoms with E-state index in [2.05, 4.69) is 5.32 Å². The fourth-order valence-corrected chi connectivity index (χ4v) is 2.69. The van der Waals surface area contributed by atoms with Gasteiger partial charge in [-0.15, -0.1) is 0 Å². The predicted molar refractivity (Wildman–Crippen MR) is 76.1 cm³/mol. The smallest absolute Gasteiger partial charge is 0.244 e. The Balaban J connectivity index is 2.09. The number of nitrogens with zero attached hydrogens (tertiary/aromatic N) is 1. The number of hydrogen-bond acceptors (Lipinski definition) is 3. The number of carbonyl (C=O) groups excluding carboxylic acids is 3. The summed E-state index contributed by atoms with van der Waals surface area (Å²) in [5.74, 6) is -1.28. The minimum absolute atomic E-state index is 0.134. The number of imide groups is 1.